The lowest BCUT2D eigenvalue weighted by Gasteiger charge is -2.22. The van der Waals surface area contributed by atoms with Gasteiger partial charge in [0, 0.05) is 37.9 Å². The molecule has 1 aromatic rings. The summed E-state index contributed by atoms with van der Waals surface area (Å²) >= 11 is 0. The number of nitrogens with two attached hydrogens (primary N) is 1. The summed E-state index contributed by atoms with van der Waals surface area (Å²) in [6, 6.07) is 0.386. The summed E-state index contributed by atoms with van der Waals surface area (Å²) < 4.78 is 1.64. The number of anilines is 1. The van der Waals surface area contributed by atoms with Crippen LogP contribution in [0.2, 0.25) is 0 Å². The van der Waals surface area contributed by atoms with Crippen LogP contribution in [0.4, 0.5) is 5.82 Å². The average Bonchev–Trinajstić information content (AvgIpc) is 3.15. The van der Waals surface area contributed by atoms with Gasteiger partial charge >= 0.3 is 0 Å². The van der Waals surface area contributed by atoms with Crippen molar-refractivity contribution in [1.29, 1.82) is 5.41 Å². The third kappa shape index (κ3) is 2.69. The van der Waals surface area contributed by atoms with Crippen LogP contribution in [0.3, 0.4) is 0 Å². The zero-order valence-electron chi connectivity index (χ0n) is 10.6. The SMILES string of the molecule is CCn1ccnc(N(CCC(=N)N)C2CC2)c1=O. The van der Waals surface area contributed by atoms with Gasteiger partial charge in [-0.05, 0) is 19.8 Å². The molecule has 0 amide bonds. The predicted molar refractivity (Wildman–Crippen MR) is 71.1 cm³/mol. The number of nitrogens with one attached hydrogen (secondary N) is 1. The maximum absolute atomic E-state index is 12.2. The maximum atomic E-state index is 12.2. The van der Waals surface area contributed by atoms with Crippen LogP contribution in [-0.2, 0) is 6.54 Å². The molecule has 18 heavy (non-hydrogen) atoms. The van der Waals surface area contributed by atoms with E-state index >= 15 is 0 Å². The fourth-order valence-electron chi connectivity index (χ4n) is 1.97. The van der Waals surface area contributed by atoms with Gasteiger partial charge in [-0.2, -0.15) is 0 Å². The lowest BCUT2D eigenvalue weighted by Crippen LogP contribution is -2.36. The van der Waals surface area contributed by atoms with Crippen molar-refractivity contribution < 1.29 is 0 Å². The van der Waals surface area contributed by atoms with E-state index < -0.39 is 0 Å². The average molecular weight is 249 g/mol. The van der Waals surface area contributed by atoms with Crippen molar-refractivity contribution in [3.63, 3.8) is 0 Å². The van der Waals surface area contributed by atoms with Crippen LogP contribution < -0.4 is 16.2 Å². The second-order valence-corrected chi connectivity index (χ2v) is 4.54. The Morgan fingerprint density at radius 2 is 2.39 bits per heavy atom. The summed E-state index contributed by atoms with van der Waals surface area (Å²) in [5.41, 5.74) is 5.33. The van der Waals surface area contributed by atoms with E-state index in [4.69, 9.17) is 11.1 Å². The largest absolute Gasteiger partial charge is 0.388 e. The van der Waals surface area contributed by atoms with Gasteiger partial charge in [-0.3, -0.25) is 10.2 Å². The predicted octanol–water partition coefficient (Wildman–Crippen LogP) is 0.558. The van der Waals surface area contributed by atoms with Gasteiger partial charge in [-0.1, -0.05) is 0 Å². The summed E-state index contributed by atoms with van der Waals surface area (Å²) in [5.74, 6) is 0.635. The van der Waals surface area contributed by atoms with Gasteiger partial charge in [0.25, 0.3) is 5.56 Å². The first-order chi connectivity index (χ1) is 8.63. The molecule has 0 aromatic carbocycles. The molecule has 1 aliphatic carbocycles. The minimum absolute atomic E-state index is 0.0598. The highest BCUT2D eigenvalue weighted by Crippen LogP contribution is 2.29. The summed E-state index contributed by atoms with van der Waals surface area (Å²) in [7, 11) is 0. The zero-order valence-corrected chi connectivity index (χ0v) is 10.6. The molecule has 6 heteroatoms. The minimum Gasteiger partial charge on any atom is -0.388 e. The lowest BCUT2D eigenvalue weighted by atomic mass is 10.3. The first-order valence-electron chi connectivity index (χ1n) is 6.28. The second kappa shape index (κ2) is 5.20. The number of amidine groups is 1. The zero-order chi connectivity index (χ0) is 13.1. The molecule has 0 unspecified atom stereocenters. The fraction of sp³-hybridized carbons (Fsp3) is 0.583. The van der Waals surface area contributed by atoms with Crippen LogP contribution >= 0.6 is 0 Å². The topological polar surface area (TPSA) is 88.0 Å². The molecule has 1 heterocycles. The first kappa shape index (κ1) is 12.6. The van der Waals surface area contributed by atoms with Crippen molar-refractivity contribution in [3.05, 3.63) is 22.7 Å². The summed E-state index contributed by atoms with van der Waals surface area (Å²) in [6.07, 6.45) is 5.99. The molecule has 0 atom stereocenters. The summed E-state index contributed by atoms with van der Waals surface area (Å²) in [5, 5.41) is 7.29. The molecule has 0 spiro atoms. The van der Waals surface area contributed by atoms with Gasteiger partial charge in [0.05, 0.1) is 5.84 Å². The van der Waals surface area contributed by atoms with Crippen molar-refractivity contribution in [2.75, 3.05) is 11.4 Å². The normalized spacial score (nSPS) is 14.5. The standard InChI is InChI=1S/C12H19N5O/c1-2-16-8-6-15-11(12(16)18)17(9-3-4-9)7-5-10(13)14/h6,8-9H,2-5,7H2,1H3,(H3,13,14). The fourth-order valence-corrected chi connectivity index (χ4v) is 1.97. The Kier molecular flexibility index (Phi) is 3.64. The number of aromatic nitrogens is 2. The smallest absolute Gasteiger partial charge is 0.293 e. The van der Waals surface area contributed by atoms with Crippen LogP contribution in [0.25, 0.3) is 0 Å². The molecule has 98 valence electrons. The highest BCUT2D eigenvalue weighted by atomic mass is 16.1. The van der Waals surface area contributed by atoms with E-state index in [1.807, 2.05) is 11.8 Å². The Balaban J connectivity index is 2.25. The van der Waals surface area contributed by atoms with Gasteiger partial charge < -0.3 is 15.2 Å². The summed E-state index contributed by atoms with van der Waals surface area (Å²) in [6.45, 7) is 3.16. The molecule has 6 nitrogen and oxygen atoms in total. The Labute approximate surface area is 106 Å². The molecule has 1 aromatic heterocycles. The molecule has 2 rings (SSSR count). The van der Waals surface area contributed by atoms with Gasteiger partial charge in [0.15, 0.2) is 5.82 Å². The molecule has 0 saturated heterocycles. The monoisotopic (exact) mass is 249 g/mol. The van der Waals surface area contributed by atoms with Crippen molar-refractivity contribution in [2.45, 2.75) is 38.8 Å². The van der Waals surface area contributed by atoms with Gasteiger partial charge in [0.2, 0.25) is 0 Å². The van der Waals surface area contributed by atoms with Crippen molar-refractivity contribution in [1.82, 2.24) is 9.55 Å². The summed E-state index contributed by atoms with van der Waals surface area (Å²) in [4.78, 5) is 18.4. The van der Waals surface area contributed by atoms with Crippen LogP contribution in [0.15, 0.2) is 17.2 Å². The molecule has 0 radical (unpaired) electrons. The van der Waals surface area contributed by atoms with E-state index in [2.05, 4.69) is 4.98 Å². The van der Waals surface area contributed by atoms with E-state index in [1.54, 1.807) is 17.0 Å². The Morgan fingerprint density at radius 3 is 2.94 bits per heavy atom. The Morgan fingerprint density at radius 1 is 1.67 bits per heavy atom. The molecule has 0 aliphatic heterocycles. The highest BCUT2D eigenvalue weighted by Gasteiger charge is 2.31. The molecule has 3 N–H and O–H groups in total. The molecular formula is C12H19N5O. The van der Waals surface area contributed by atoms with Crippen LogP contribution in [0.1, 0.15) is 26.2 Å². The first-order valence-corrected chi connectivity index (χ1v) is 6.28. The number of hydrogen-bond acceptors (Lipinski definition) is 4. The van der Waals surface area contributed by atoms with Crippen molar-refractivity contribution in [3.8, 4) is 0 Å². The number of hydrogen-bond donors (Lipinski definition) is 2. The van der Waals surface area contributed by atoms with Crippen LogP contribution in [0, 0.1) is 5.41 Å². The second-order valence-electron chi connectivity index (χ2n) is 4.54. The van der Waals surface area contributed by atoms with E-state index in [0.717, 1.165) is 12.8 Å². The number of rotatable bonds is 6. The van der Waals surface area contributed by atoms with Gasteiger partial charge in [-0.15, -0.1) is 0 Å². The lowest BCUT2D eigenvalue weighted by molar-refractivity contribution is 0.694. The van der Waals surface area contributed by atoms with Gasteiger partial charge in [-0.25, -0.2) is 4.98 Å². The highest BCUT2D eigenvalue weighted by molar-refractivity contribution is 5.77. The van der Waals surface area contributed by atoms with Crippen LogP contribution in [0.5, 0.6) is 0 Å². The van der Waals surface area contributed by atoms with E-state index in [-0.39, 0.29) is 11.4 Å². The van der Waals surface area contributed by atoms with Crippen LogP contribution in [-0.4, -0.2) is 28.0 Å². The third-order valence-corrected chi connectivity index (χ3v) is 3.12. The number of aryl methyl sites for hydroxylation is 1. The van der Waals surface area contributed by atoms with E-state index in [9.17, 15) is 4.79 Å². The van der Waals surface area contributed by atoms with Crippen molar-refractivity contribution >= 4 is 11.7 Å². The van der Waals surface area contributed by atoms with E-state index in [1.165, 1.54) is 0 Å². The molecule has 1 fully saturated rings. The minimum atomic E-state index is -0.0598. The maximum Gasteiger partial charge on any atom is 0.293 e. The van der Waals surface area contributed by atoms with Crippen molar-refractivity contribution in [2.24, 2.45) is 5.73 Å². The molecule has 1 aliphatic rings. The third-order valence-electron chi connectivity index (χ3n) is 3.12. The molecule has 1 saturated carbocycles. The Bertz CT molecular complexity index is 491. The van der Waals surface area contributed by atoms with E-state index in [0.29, 0.717) is 31.4 Å². The quantitative estimate of drug-likeness (QED) is 0.569. The Hall–Kier alpha value is -1.85. The number of nitrogens with zero attached hydrogens (tertiary/aromatic N) is 3. The molecular weight excluding hydrogens is 230 g/mol. The van der Waals surface area contributed by atoms with Gasteiger partial charge in [0.1, 0.15) is 0 Å². The molecule has 0 bridgehead atoms.